The van der Waals surface area contributed by atoms with E-state index in [1.165, 1.54) is 0 Å². The van der Waals surface area contributed by atoms with Gasteiger partial charge in [-0.15, -0.1) is 0 Å². The molecule has 40 atom stereocenters. The summed E-state index contributed by atoms with van der Waals surface area (Å²) < 4.78 is 106. The number of carboxylic acid groups (broad SMARTS) is 8. The fraction of sp³-hybridized carbons (Fsp3) is 0.890. The van der Waals surface area contributed by atoms with Crippen molar-refractivity contribution in [1.29, 1.82) is 0 Å². The van der Waals surface area contributed by atoms with Crippen molar-refractivity contribution < 1.29 is 473 Å². The summed E-state index contributed by atoms with van der Waals surface area (Å²) in [4.78, 5) is 93.5. The Morgan fingerprint density at radius 1 is 0.197 bits per heavy atom. The summed E-state index contributed by atoms with van der Waals surface area (Å²) in [5.74, 6) is -17.2. The Balaban J connectivity index is 0.0000117. The van der Waals surface area contributed by atoms with E-state index < -0.39 is 379 Å². The molecule has 0 aliphatic carbocycles. The fourth-order valence-electron chi connectivity index (χ4n) is 14.9. The molecule has 0 radical (unpaired) electrons. The van der Waals surface area contributed by atoms with Gasteiger partial charge in [-0.05, 0) is 97.4 Å². The minimum atomic E-state index is -2.36. The number of thioether (sulfide) groups is 8. The molecule has 21 heterocycles. The zero-order valence-electron chi connectivity index (χ0n) is 76.5. The molecule has 15 N–H and O–H groups in total. The van der Waals surface area contributed by atoms with Gasteiger partial charge in [0, 0.05) is 101 Å². The molecule has 0 aromatic heterocycles. The third-order valence-corrected chi connectivity index (χ3v) is 30.0. The summed E-state index contributed by atoms with van der Waals surface area (Å²) in [6.07, 6.45) is -86.6. The van der Waals surface area contributed by atoms with Gasteiger partial charge in [0.25, 0.3) is 0 Å². The number of carbonyl (C=O) groups is 8. The molecule has 0 saturated carbocycles. The van der Waals surface area contributed by atoms with Crippen LogP contribution < -0.4 is 277 Å². The number of aliphatic hydroxyl groups excluding tert-OH is 15. The average molecular weight is 2190 g/mol. The van der Waals surface area contributed by atoms with Crippen LogP contribution >= 0.6 is 94.1 Å². The summed E-state index contributed by atoms with van der Waals surface area (Å²) in [7, 11) is 1.03. The van der Waals surface area contributed by atoms with Gasteiger partial charge < -0.3 is 236 Å². The van der Waals surface area contributed by atoms with E-state index in [1.807, 2.05) is 0 Å². The van der Waals surface area contributed by atoms with Crippen LogP contribution in [-0.4, -0.2) is 469 Å². The molecule has 742 valence electrons. The first kappa shape index (κ1) is 140. The van der Waals surface area contributed by atoms with E-state index in [0.29, 0.717) is 0 Å². The Hall–Kier alpha value is 5.28. The van der Waals surface area contributed by atoms with Crippen LogP contribution in [-0.2, 0) is 119 Å². The molecule has 16 bridgehead atoms. The summed E-state index contributed by atoms with van der Waals surface area (Å²) in [6, 6.07) is 0. The van der Waals surface area contributed by atoms with Crippen molar-refractivity contribution in [1.82, 2.24) is 0 Å². The predicted octanol–water partition coefficient (Wildman–Crippen LogP) is -41.7. The van der Waals surface area contributed by atoms with Gasteiger partial charge in [0.05, 0.1) is 48.8 Å². The number of hydrogen-bond donors (Lipinski definition) is 15. The Kier molecular flexibility index (Phi) is 72.4. The predicted molar refractivity (Wildman–Crippen MR) is 425 cm³/mol. The second-order valence-corrected chi connectivity index (χ2v) is 40.0. The molecule has 21 fully saturated rings. The smallest absolute Gasteiger partial charge is 0.550 e. The molecule has 64 heteroatoms. The van der Waals surface area contributed by atoms with Gasteiger partial charge in [0.15, 0.2) is 50.3 Å². The van der Waals surface area contributed by atoms with E-state index in [1.54, 1.807) is 0 Å². The number of aliphatic hydroxyl groups is 15. The molecule has 48 nitrogen and oxygen atoms in total. The van der Waals surface area contributed by atoms with Gasteiger partial charge in [-0.2, -0.15) is 94.1 Å². The van der Waals surface area contributed by atoms with Gasteiger partial charge in [-0.25, -0.2) is 0 Å². The second-order valence-electron chi connectivity index (χ2n) is 30.8. The fourth-order valence-corrected chi connectivity index (χ4v) is 22.7. The van der Waals surface area contributed by atoms with Crippen molar-refractivity contribution in [2.45, 2.75) is 297 Å². The van der Waals surface area contributed by atoms with Crippen molar-refractivity contribution in [3.63, 3.8) is 0 Å². The quantitative estimate of drug-likeness (QED) is 0.0200. The third kappa shape index (κ3) is 42.1. The van der Waals surface area contributed by atoms with Crippen molar-refractivity contribution in [2.75, 3.05) is 99.2 Å². The standard InChI is InChI=1S/C73H114O48S8.8Na/c1-105-65-56(104)64-33(25-129-17-9-41(88)89)113-73(65)121-63-32(24-128-16-8-40(86)87)112-71(55(103)48(63)96)119-61-30(22-126-14-6-38(82)83)110-69(53(101)46(61)94)117-59-28(20-124-12-4-36(78)79)108-67(51(99)44(59)92)115-57-26(18-122-10-2-34(74)75)106-66(49(97)42(57)90)114-58-27(19-123-11-3-35(76)77)107-68(50(98)43(58)91)116-60-29(21-125-13-5-37(80)81)109-70(52(100)45(60)93)118-62-31(23-127-15-7-39(84)85)111-72(120-64)54(102)47(62)95;;;;;;;;/h26-33,42-73,90-104H,2-25H2,1H3,(H,74,75)(H,76,77)(H,78,79)(H,80,81)(H,82,83)(H,84,85)(H,86,87)(H,88,89);;;;;;;;/q;8*+1/p-8/t26-,27-,28-,29-,30-,31-,32-,33-,42-,43-,44-,45-,46-,47-,48-,49-,50-,51-,52-,53-,54-,55-,56+,57-,58-,59-,60-,61-,62-,63-,64-,65-,66-,67-,68-,69-,70-,71-,72-,73-;;;;;;;;/m1......../s1. The summed E-state index contributed by atoms with van der Waals surface area (Å²) in [5.41, 5.74) is 0. The van der Waals surface area contributed by atoms with Crippen molar-refractivity contribution >= 4 is 142 Å². The second kappa shape index (κ2) is 70.7. The number of methoxy groups -OCH3 is 1. The van der Waals surface area contributed by atoms with Crippen molar-refractivity contribution in [3.8, 4) is 0 Å². The van der Waals surface area contributed by atoms with Crippen LogP contribution in [0, 0.1) is 0 Å². The van der Waals surface area contributed by atoms with E-state index in [2.05, 4.69) is 0 Å². The SMILES string of the molecule is CO[C@H]1[C@H]2O[C@H]3[C@H](O)[C@@H](O)[C@@H](O[C@H]4[C@H](O)[C@@H](O)[C@@H](O[C@H]5[C@H](O)[C@@H](O)[C@@H](O[C@H]6[C@H](O)[C@@H](O)[C@@H](O[C@H]7[C@H](O)[C@@H](O)[C@@H](O[C@H]8[C@H](O)[C@@H](O)[C@@H](O[C@H]9[C@H](O)[C@@H](O)[C@@H](O[C@@H]([C@@H]1O)[C@@H](CSCCC(=O)[O-])O2)O[C@@H]9CSCCC(=O)[O-])O[C@@H]8CSCCC(=O)[O-])O[C@@H]7CSCCC(=O)[O-])O[C@@H]6CSCCC(=O)[O-])O[C@@H]5CSCCC(=O)[O-])O[C@@H]4CSCCC(=O)[O-])O[C@@H]3CSCCC(=O)[O-].[Na+].[Na+].[Na+].[Na+].[Na+].[Na+].[Na+].[Na+]. The largest absolute Gasteiger partial charge is 1.00 e. The minimum Gasteiger partial charge on any atom is -0.550 e. The molecule has 0 unspecified atom stereocenters. The monoisotopic (exact) mass is 2190 g/mol. The van der Waals surface area contributed by atoms with Gasteiger partial charge >= 0.3 is 236 Å². The number of ether oxygens (including phenoxy) is 17. The number of aliphatic carboxylic acids is 8. The molecule has 21 aliphatic rings. The Morgan fingerprint density at radius 3 is 0.438 bits per heavy atom. The van der Waals surface area contributed by atoms with Gasteiger partial charge in [0.1, 0.15) is 146 Å². The summed E-state index contributed by atoms with van der Waals surface area (Å²) in [6.45, 7) is 0. The molecular formula is C73H106Na8O48S8. The molecule has 21 rings (SSSR count). The average Bonchev–Trinajstić information content (AvgIpc) is 0.772. The first-order valence-corrected chi connectivity index (χ1v) is 49.9. The van der Waals surface area contributed by atoms with Gasteiger partial charge in [-0.1, -0.05) is 0 Å². The van der Waals surface area contributed by atoms with Gasteiger partial charge in [0.2, 0.25) is 0 Å². The van der Waals surface area contributed by atoms with Gasteiger partial charge in [-0.3, -0.25) is 0 Å². The third-order valence-electron chi connectivity index (χ3n) is 21.6. The van der Waals surface area contributed by atoms with Crippen LogP contribution in [0.15, 0.2) is 0 Å². The van der Waals surface area contributed by atoms with Crippen LogP contribution in [0.1, 0.15) is 51.4 Å². The van der Waals surface area contributed by atoms with E-state index in [0.717, 1.165) is 101 Å². The zero-order chi connectivity index (χ0) is 94.4. The zero-order valence-corrected chi connectivity index (χ0v) is 99.0. The first-order valence-electron chi connectivity index (χ1n) is 40.7. The minimum absolute atomic E-state index is 0. The number of hydrogen-bond acceptors (Lipinski definition) is 56. The number of carbonyl (C=O) groups excluding carboxylic acids is 8. The molecule has 0 aromatic rings. The van der Waals surface area contributed by atoms with Crippen LogP contribution in [0.25, 0.3) is 0 Å². The molecular weight excluding hydrogens is 2090 g/mol. The normalized spacial score (nSPS) is 38.9. The van der Waals surface area contributed by atoms with Crippen molar-refractivity contribution in [3.05, 3.63) is 0 Å². The van der Waals surface area contributed by atoms with Crippen LogP contribution in [0.5, 0.6) is 0 Å². The van der Waals surface area contributed by atoms with E-state index in [4.69, 9.17) is 80.5 Å². The molecule has 0 spiro atoms. The number of rotatable bonds is 41. The van der Waals surface area contributed by atoms with E-state index in [-0.39, 0.29) is 294 Å². The topological polar surface area (TPSA) is 781 Å². The maximum Gasteiger partial charge on any atom is 1.00 e. The summed E-state index contributed by atoms with van der Waals surface area (Å²) >= 11 is 6.70. The van der Waals surface area contributed by atoms with Crippen LogP contribution in [0.3, 0.4) is 0 Å². The molecule has 0 aromatic carbocycles. The number of carboxylic acids is 8. The van der Waals surface area contributed by atoms with Crippen LogP contribution in [0.4, 0.5) is 0 Å². The maximum atomic E-state index is 12.6. The summed E-state index contributed by atoms with van der Waals surface area (Å²) in [5, 5.41) is 277. The van der Waals surface area contributed by atoms with E-state index in [9.17, 15) is 156 Å². The molecule has 0 amide bonds. The molecule has 21 saturated heterocycles. The maximum absolute atomic E-state index is 12.6. The Morgan fingerprint density at radius 2 is 0.314 bits per heavy atom. The van der Waals surface area contributed by atoms with E-state index >= 15 is 0 Å². The van der Waals surface area contributed by atoms with Crippen molar-refractivity contribution in [2.24, 2.45) is 0 Å². The molecule has 21 aliphatic heterocycles. The molecule has 137 heavy (non-hydrogen) atoms. The first-order chi connectivity index (χ1) is 61.3. The van der Waals surface area contributed by atoms with Crippen LogP contribution in [0.2, 0.25) is 0 Å². The Labute approximate surface area is 997 Å². The Bertz CT molecular complexity index is 3490.